The first-order valence-corrected chi connectivity index (χ1v) is 8.40. The molecule has 18 heavy (non-hydrogen) atoms. The van der Waals surface area contributed by atoms with Crippen LogP contribution in [-0.2, 0) is 9.53 Å². The maximum Gasteiger partial charge on any atom is 0.228 e. The molecule has 0 radical (unpaired) electrons. The van der Waals surface area contributed by atoms with E-state index in [1.165, 1.54) is 12.8 Å². The van der Waals surface area contributed by atoms with Gasteiger partial charge in [-0.25, -0.2) is 0 Å². The van der Waals surface area contributed by atoms with Gasteiger partial charge in [0, 0.05) is 17.9 Å². The van der Waals surface area contributed by atoms with Gasteiger partial charge in [0.25, 0.3) is 0 Å². The number of ether oxygens (including phenoxy) is 1. The quantitative estimate of drug-likeness (QED) is 0.807. The van der Waals surface area contributed by atoms with Crippen molar-refractivity contribution in [3.05, 3.63) is 0 Å². The first-order valence-electron chi connectivity index (χ1n) is 7.11. The predicted octanol–water partition coefficient (Wildman–Crippen LogP) is 2.59. The predicted molar refractivity (Wildman–Crippen MR) is 75.9 cm³/mol. The lowest BCUT2D eigenvalue weighted by molar-refractivity contribution is -0.129. The molecule has 2 atom stereocenters. The summed E-state index contributed by atoms with van der Waals surface area (Å²) in [5.74, 6) is 0.239. The van der Waals surface area contributed by atoms with Crippen LogP contribution in [-0.4, -0.2) is 36.7 Å². The Morgan fingerprint density at radius 1 is 1.44 bits per heavy atom. The van der Waals surface area contributed by atoms with Crippen LogP contribution >= 0.6 is 11.8 Å². The number of carbonyl (C=O) groups is 1. The van der Waals surface area contributed by atoms with Crippen molar-refractivity contribution in [3.63, 3.8) is 0 Å². The highest BCUT2D eigenvalue weighted by atomic mass is 32.2. The number of hydrogen-bond acceptors (Lipinski definition) is 3. The van der Waals surface area contributed by atoms with Crippen molar-refractivity contribution in [2.45, 2.75) is 56.7 Å². The summed E-state index contributed by atoms with van der Waals surface area (Å²) >= 11 is 1.94. The Bertz CT molecular complexity index is 292. The van der Waals surface area contributed by atoms with Crippen molar-refractivity contribution >= 4 is 17.7 Å². The van der Waals surface area contributed by atoms with Gasteiger partial charge in [0.2, 0.25) is 5.91 Å². The topological polar surface area (TPSA) is 38.3 Å². The van der Waals surface area contributed by atoms with Crippen LogP contribution in [0.25, 0.3) is 0 Å². The molecule has 3 nitrogen and oxygen atoms in total. The molecule has 1 N–H and O–H groups in total. The molecule has 2 fully saturated rings. The fourth-order valence-corrected chi connectivity index (χ4v) is 3.54. The van der Waals surface area contributed by atoms with Crippen LogP contribution in [0, 0.1) is 5.41 Å². The van der Waals surface area contributed by atoms with E-state index in [1.54, 1.807) is 0 Å². The second-order valence-corrected chi connectivity index (χ2v) is 6.75. The first-order chi connectivity index (χ1) is 8.70. The number of hydrogen-bond donors (Lipinski definition) is 1. The highest BCUT2D eigenvalue weighted by Crippen LogP contribution is 2.46. The van der Waals surface area contributed by atoms with Gasteiger partial charge in [0.1, 0.15) is 0 Å². The molecule has 4 heteroatoms. The SMILES string of the molecule is CCOCC1(C(=O)N[C@H]2CCC[C@@H](SC)C2)CC1. The molecule has 0 aromatic rings. The van der Waals surface area contributed by atoms with Gasteiger partial charge in [-0.3, -0.25) is 4.79 Å². The molecule has 104 valence electrons. The van der Waals surface area contributed by atoms with Crippen LogP contribution in [0.3, 0.4) is 0 Å². The molecule has 0 saturated heterocycles. The Morgan fingerprint density at radius 2 is 2.22 bits per heavy atom. The Morgan fingerprint density at radius 3 is 2.83 bits per heavy atom. The van der Waals surface area contributed by atoms with E-state index in [4.69, 9.17) is 4.74 Å². The molecule has 0 unspecified atom stereocenters. The molecule has 0 aliphatic heterocycles. The Kier molecular flexibility index (Phi) is 4.96. The number of thioether (sulfide) groups is 1. The van der Waals surface area contributed by atoms with Gasteiger partial charge >= 0.3 is 0 Å². The third-order valence-corrected chi connectivity index (χ3v) is 5.31. The number of amides is 1. The van der Waals surface area contributed by atoms with Gasteiger partial charge in [-0.2, -0.15) is 11.8 Å². The normalized spacial score (nSPS) is 29.9. The molecular weight excluding hydrogens is 246 g/mol. The minimum Gasteiger partial charge on any atom is -0.381 e. The van der Waals surface area contributed by atoms with E-state index >= 15 is 0 Å². The van der Waals surface area contributed by atoms with Crippen molar-refractivity contribution in [3.8, 4) is 0 Å². The third kappa shape index (κ3) is 3.41. The zero-order valence-corrected chi connectivity index (χ0v) is 12.4. The van der Waals surface area contributed by atoms with E-state index in [2.05, 4.69) is 11.6 Å². The Balaban J connectivity index is 1.80. The molecule has 0 aromatic heterocycles. The summed E-state index contributed by atoms with van der Waals surface area (Å²) in [7, 11) is 0. The lowest BCUT2D eigenvalue weighted by atomic mass is 9.94. The first kappa shape index (κ1) is 14.2. The molecule has 2 aliphatic rings. The highest BCUT2D eigenvalue weighted by molar-refractivity contribution is 7.99. The average molecular weight is 271 g/mol. The summed E-state index contributed by atoms with van der Waals surface area (Å²) in [6.07, 6.45) is 9.00. The van der Waals surface area contributed by atoms with Crippen LogP contribution in [0.2, 0.25) is 0 Å². The molecule has 0 heterocycles. The lowest BCUT2D eigenvalue weighted by Gasteiger charge is -2.30. The molecule has 0 aromatic carbocycles. The van der Waals surface area contributed by atoms with Crippen LogP contribution in [0.1, 0.15) is 45.4 Å². The van der Waals surface area contributed by atoms with Crippen LogP contribution in [0.4, 0.5) is 0 Å². The largest absolute Gasteiger partial charge is 0.381 e. The fourth-order valence-electron chi connectivity index (χ4n) is 2.71. The van der Waals surface area contributed by atoms with Crippen LogP contribution in [0.5, 0.6) is 0 Å². The summed E-state index contributed by atoms with van der Waals surface area (Å²) < 4.78 is 5.45. The summed E-state index contributed by atoms with van der Waals surface area (Å²) in [6.45, 7) is 3.29. The zero-order valence-electron chi connectivity index (χ0n) is 11.5. The van der Waals surface area contributed by atoms with E-state index in [-0.39, 0.29) is 11.3 Å². The molecule has 1 amide bonds. The summed E-state index contributed by atoms with van der Waals surface area (Å²) in [5.41, 5.74) is -0.178. The van der Waals surface area contributed by atoms with Crippen molar-refractivity contribution in [1.29, 1.82) is 0 Å². The van der Waals surface area contributed by atoms with Crippen molar-refractivity contribution in [2.24, 2.45) is 5.41 Å². The molecule has 2 rings (SSSR count). The van der Waals surface area contributed by atoms with Crippen molar-refractivity contribution in [2.75, 3.05) is 19.5 Å². The minimum atomic E-state index is -0.178. The summed E-state index contributed by atoms with van der Waals surface area (Å²) in [4.78, 5) is 12.3. The molecule has 2 saturated carbocycles. The van der Waals surface area contributed by atoms with E-state index in [0.717, 1.165) is 30.9 Å². The lowest BCUT2D eigenvalue weighted by Crippen LogP contribution is -2.44. The zero-order chi connectivity index (χ0) is 13.0. The number of nitrogens with one attached hydrogen (secondary N) is 1. The van der Waals surface area contributed by atoms with Crippen LogP contribution < -0.4 is 5.32 Å². The Hall–Kier alpha value is -0.220. The fraction of sp³-hybridized carbons (Fsp3) is 0.929. The van der Waals surface area contributed by atoms with Crippen LogP contribution in [0.15, 0.2) is 0 Å². The van der Waals surface area contributed by atoms with Gasteiger partial charge in [-0.05, 0) is 45.3 Å². The highest BCUT2D eigenvalue weighted by Gasteiger charge is 2.50. The van der Waals surface area contributed by atoms with Gasteiger partial charge in [-0.15, -0.1) is 0 Å². The molecule has 0 bridgehead atoms. The van der Waals surface area contributed by atoms with Gasteiger partial charge in [0.15, 0.2) is 0 Å². The van der Waals surface area contributed by atoms with Gasteiger partial charge in [-0.1, -0.05) is 6.42 Å². The summed E-state index contributed by atoms with van der Waals surface area (Å²) in [6, 6.07) is 0.391. The minimum absolute atomic E-state index is 0.178. The van der Waals surface area contributed by atoms with E-state index in [9.17, 15) is 4.79 Å². The number of rotatable bonds is 6. The molecule has 0 spiro atoms. The second-order valence-electron chi connectivity index (χ2n) is 5.61. The van der Waals surface area contributed by atoms with Gasteiger partial charge in [0.05, 0.1) is 12.0 Å². The smallest absolute Gasteiger partial charge is 0.228 e. The molecular formula is C14H25NO2S. The average Bonchev–Trinajstić information content (AvgIpc) is 3.18. The number of carbonyl (C=O) groups excluding carboxylic acids is 1. The maximum atomic E-state index is 12.3. The molecule has 2 aliphatic carbocycles. The van der Waals surface area contributed by atoms with Gasteiger partial charge < -0.3 is 10.1 Å². The van der Waals surface area contributed by atoms with E-state index < -0.39 is 0 Å². The monoisotopic (exact) mass is 271 g/mol. The van der Waals surface area contributed by atoms with E-state index in [0.29, 0.717) is 19.3 Å². The van der Waals surface area contributed by atoms with Crippen molar-refractivity contribution in [1.82, 2.24) is 5.32 Å². The Labute approximate surface area is 114 Å². The summed E-state index contributed by atoms with van der Waals surface area (Å²) in [5, 5.41) is 3.99. The second kappa shape index (κ2) is 6.29. The van der Waals surface area contributed by atoms with E-state index in [1.807, 2.05) is 18.7 Å². The van der Waals surface area contributed by atoms with Crippen molar-refractivity contribution < 1.29 is 9.53 Å². The maximum absolute atomic E-state index is 12.3. The standard InChI is InChI=1S/C14H25NO2S/c1-3-17-10-14(7-8-14)13(16)15-11-5-4-6-12(9-11)18-2/h11-12H,3-10H2,1-2H3,(H,15,16)/t11-,12+/m0/s1. The third-order valence-electron chi connectivity index (χ3n) is 4.21.